The van der Waals surface area contributed by atoms with Gasteiger partial charge in [-0.25, -0.2) is 15.0 Å². The zero-order valence-electron chi connectivity index (χ0n) is 57.8. The number of amides is 1. The number of nitriles is 3. The van der Waals surface area contributed by atoms with E-state index in [1.54, 1.807) is 85.2 Å². The molecule has 0 saturated heterocycles. The third kappa shape index (κ3) is 14.8. The number of carbonyl (C=O) groups excluding carboxylic acids is 1. The maximum Gasteiger partial charge on any atom is 0.249 e. The molecular weight excluding hydrogens is 1330 g/mol. The number of hydrogen-bond donors (Lipinski definition) is 7. The van der Waals surface area contributed by atoms with Crippen LogP contribution >= 0.6 is 11.6 Å². The number of nitrogens with zero attached hydrogens (tertiary/aromatic N) is 14. The topological polar surface area (TPSA) is 331 Å². The molecule has 0 aliphatic rings. The van der Waals surface area contributed by atoms with Crippen molar-refractivity contribution < 1.29 is 14.3 Å². The van der Waals surface area contributed by atoms with Crippen molar-refractivity contribution in [1.82, 2.24) is 64.0 Å². The van der Waals surface area contributed by atoms with E-state index in [0.29, 0.717) is 85.2 Å². The molecule has 24 nitrogen and oxygen atoms in total. The Bertz CT molecular complexity index is 5810. The number of benzene rings is 7. The molecule has 0 aliphatic carbocycles. The predicted octanol–water partition coefficient (Wildman–Crippen LogP) is 17.1. The molecule has 104 heavy (non-hydrogen) atoms. The van der Waals surface area contributed by atoms with E-state index in [4.69, 9.17) is 47.6 Å². The molecular formula is C79H66ClN21O3. The van der Waals surface area contributed by atoms with Crippen molar-refractivity contribution in [2.75, 3.05) is 21.3 Å². The number of nitrogens with two attached hydrogens (primary N) is 1. The molecule has 7 aromatic carbocycles. The lowest BCUT2D eigenvalue weighted by Gasteiger charge is -2.16. The third-order valence-electron chi connectivity index (χ3n) is 17.2. The molecule has 0 bridgehead atoms. The van der Waals surface area contributed by atoms with Crippen molar-refractivity contribution in [2.24, 2.45) is 26.9 Å². The zero-order valence-corrected chi connectivity index (χ0v) is 58.6. The number of ether oxygens (including phenoxy) is 2. The van der Waals surface area contributed by atoms with Gasteiger partial charge in [-0.3, -0.25) is 15.0 Å². The second-order valence-corrected chi connectivity index (χ2v) is 25.2. The number of halogens is 1. The first-order chi connectivity index (χ1) is 50.3. The number of aryl methyl sites for hydroxylation is 9. The number of aromatic amines is 2. The van der Waals surface area contributed by atoms with Gasteiger partial charge in [0.05, 0.1) is 63.3 Å². The van der Waals surface area contributed by atoms with Gasteiger partial charge in [0.25, 0.3) is 0 Å². The van der Waals surface area contributed by atoms with Crippen molar-refractivity contribution >= 4 is 97.0 Å². The Morgan fingerprint density at radius 1 is 0.471 bits per heavy atom. The van der Waals surface area contributed by atoms with Crippen LogP contribution in [-0.2, 0) is 21.1 Å². The van der Waals surface area contributed by atoms with Crippen LogP contribution in [-0.4, -0.2) is 69.9 Å². The first kappa shape index (κ1) is 68.4. The lowest BCUT2D eigenvalue weighted by atomic mass is 9.98. The molecule has 0 unspecified atom stereocenters. The molecule has 0 radical (unpaired) electrons. The van der Waals surface area contributed by atoms with Crippen molar-refractivity contribution in [3.8, 4) is 74.8 Å². The summed E-state index contributed by atoms with van der Waals surface area (Å²) in [6, 6.07) is 51.2. The average Bonchev–Trinajstić information content (AvgIpc) is 1.57. The molecule has 15 rings (SSSR count). The Labute approximate surface area is 602 Å². The molecule has 8 N–H and O–H groups in total. The van der Waals surface area contributed by atoms with Crippen molar-refractivity contribution in [3.63, 3.8) is 0 Å². The number of fused-ring (bicyclic) bond motifs is 3. The molecule has 0 fully saturated rings. The number of hydrogen-bond acceptors (Lipinski definition) is 18. The summed E-state index contributed by atoms with van der Waals surface area (Å²) in [5.41, 5.74) is 27.6. The molecule has 512 valence electrons. The predicted molar refractivity (Wildman–Crippen MR) is 404 cm³/mol. The van der Waals surface area contributed by atoms with Crippen LogP contribution in [0.1, 0.15) is 60.4 Å². The average molecular weight is 1390 g/mol. The molecule has 0 atom stereocenters. The Morgan fingerprint density at radius 2 is 0.894 bits per heavy atom. The van der Waals surface area contributed by atoms with Gasteiger partial charge in [-0.2, -0.15) is 40.9 Å². The summed E-state index contributed by atoms with van der Waals surface area (Å²) >= 11 is 6.47. The normalized spacial score (nSPS) is 10.8. The lowest BCUT2D eigenvalue weighted by Crippen LogP contribution is -2.10. The van der Waals surface area contributed by atoms with Gasteiger partial charge in [-0.05, 0) is 231 Å². The number of carbonyl (C=O) groups is 1. The number of nitrogens with one attached hydrogen (secondary N) is 6. The summed E-state index contributed by atoms with van der Waals surface area (Å²) < 4.78 is 18.6. The monoisotopic (exact) mass is 1390 g/mol. The second-order valence-electron chi connectivity index (χ2n) is 24.8. The van der Waals surface area contributed by atoms with Crippen LogP contribution in [0, 0.1) is 75.5 Å². The highest BCUT2D eigenvalue weighted by atomic mass is 35.5. The summed E-state index contributed by atoms with van der Waals surface area (Å²) in [6.45, 7) is 12.1. The molecule has 25 heteroatoms. The van der Waals surface area contributed by atoms with Crippen LogP contribution < -0.4 is 36.5 Å². The van der Waals surface area contributed by atoms with Crippen LogP contribution in [0.25, 0.3) is 66.5 Å². The second kappa shape index (κ2) is 29.4. The molecule has 0 spiro atoms. The van der Waals surface area contributed by atoms with E-state index in [1.165, 1.54) is 0 Å². The van der Waals surface area contributed by atoms with E-state index in [2.05, 4.69) is 123 Å². The molecule has 0 aliphatic heterocycles. The fraction of sp³-hybridized carbons (Fsp3) is 0.114. The summed E-state index contributed by atoms with van der Waals surface area (Å²) in [5.74, 6) is 3.67. The third-order valence-corrected chi connectivity index (χ3v) is 17.5. The van der Waals surface area contributed by atoms with E-state index < -0.39 is 5.91 Å². The molecule has 8 aromatic heterocycles. The zero-order chi connectivity index (χ0) is 72.9. The van der Waals surface area contributed by atoms with Crippen LogP contribution in [0.2, 0.25) is 5.02 Å². The fourth-order valence-electron chi connectivity index (χ4n) is 12.1. The first-order valence-electron chi connectivity index (χ1n) is 32.6. The number of aromatic nitrogens is 13. The van der Waals surface area contributed by atoms with Gasteiger partial charge >= 0.3 is 0 Å². The molecule has 15 aromatic rings. The van der Waals surface area contributed by atoms with Gasteiger partial charge in [-0.1, -0.05) is 23.7 Å². The minimum absolute atomic E-state index is 0.339. The summed E-state index contributed by atoms with van der Waals surface area (Å²) in [5, 5.41) is 54.6. The van der Waals surface area contributed by atoms with Gasteiger partial charge in [0.2, 0.25) is 35.5 Å². The molecule has 0 saturated carbocycles. The van der Waals surface area contributed by atoms with Crippen LogP contribution in [0.5, 0.6) is 23.3 Å². The minimum atomic E-state index is -0.462. The van der Waals surface area contributed by atoms with Gasteiger partial charge in [-0.15, -0.1) is 0 Å². The molecule has 1 amide bonds. The van der Waals surface area contributed by atoms with Gasteiger partial charge < -0.3 is 50.2 Å². The maximum atomic E-state index is 11.6. The van der Waals surface area contributed by atoms with E-state index in [0.717, 1.165) is 112 Å². The van der Waals surface area contributed by atoms with Gasteiger partial charge in [0.1, 0.15) is 33.6 Å². The number of anilines is 8. The highest BCUT2D eigenvalue weighted by Crippen LogP contribution is 2.40. The van der Waals surface area contributed by atoms with E-state index in [1.807, 2.05) is 142 Å². The highest BCUT2D eigenvalue weighted by molar-refractivity contribution is 6.35. The van der Waals surface area contributed by atoms with Crippen molar-refractivity contribution in [1.29, 1.82) is 15.8 Å². The molecule has 8 heterocycles. The largest absolute Gasteiger partial charge is 0.436 e. The number of H-pyrrole nitrogens is 2. The van der Waals surface area contributed by atoms with Crippen molar-refractivity contribution in [3.05, 3.63) is 250 Å². The quantitative estimate of drug-likeness (QED) is 0.0472. The fourth-order valence-corrected chi connectivity index (χ4v) is 12.4. The number of rotatable bonds is 16. The van der Waals surface area contributed by atoms with Crippen LogP contribution in [0.15, 0.2) is 189 Å². The van der Waals surface area contributed by atoms with Gasteiger partial charge in [0.15, 0.2) is 5.82 Å². The Kier molecular flexibility index (Phi) is 19.3. The number of primary amides is 1. The Morgan fingerprint density at radius 3 is 1.35 bits per heavy atom. The van der Waals surface area contributed by atoms with E-state index >= 15 is 0 Å². The maximum absolute atomic E-state index is 11.6. The SMILES string of the molecule is Cc1cc(-c2cccc(C(N)=O)c2)cc(C)c1Oc1nc(Nc2ccc(C#N)cc2)nc2ccn(C)c12.Cc1cc(-c2cn[nH]c2)cc(C)c1Nc1nc(Nc2ccc(C#N)cc2)nc2ccn(C)c12.Cc1cc(-c2cn[nH]c2)cc(C)c1Oc1nc(Nc2ccc(C#N)cc2)nc2c(Cl)cn(C)c12. The highest BCUT2D eigenvalue weighted by Gasteiger charge is 2.22. The van der Waals surface area contributed by atoms with Crippen molar-refractivity contribution in [2.45, 2.75) is 41.5 Å². The Hall–Kier alpha value is -14.2. The van der Waals surface area contributed by atoms with Crippen LogP contribution in [0.4, 0.5) is 46.4 Å². The van der Waals surface area contributed by atoms with E-state index in [9.17, 15) is 4.79 Å². The minimum Gasteiger partial charge on any atom is -0.436 e. The van der Waals surface area contributed by atoms with Crippen LogP contribution in [0.3, 0.4) is 0 Å². The summed E-state index contributed by atoms with van der Waals surface area (Å²) in [6.07, 6.45) is 13.0. The lowest BCUT2D eigenvalue weighted by molar-refractivity contribution is 0.1000. The standard InChI is InChI=1S/C29H24N6O2.C25H20ClN7O.C25H22N8/c1-17-13-22(20-5-4-6-21(15-20)27(31)36)14-18(2)26(17)37-28-25-24(11-12-35(25)3)33-29(34-28)32-23-9-7-19(16-30)8-10-23;1-14-8-17(18-11-28-29-12-18)9-15(2)23(14)34-24-22-21(20(26)13-33(22)3)31-25(32-24)30-19-6-4-16(10-27)5-7-19;1-15-10-18(19-13-27-28-14-19)11-16(2)22(15)31-24-23-21(8-9-33(23)3)30-25(32-24)29-20-6-4-17(12-26)5-7-20/h4-15H,1-3H3,(H2,31,36)(H,32,33,34);4-9,11-13H,1-3H3,(H,28,29)(H,30,31,32);4-11,13-14H,1-3H3,(H,27,28)(H2,29,30,31,32). The van der Waals surface area contributed by atoms with E-state index in [-0.39, 0.29) is 0 Å². The summed E-state index contributed by atoms with van der Waals surface area (Å²) in [7, 11) is 5.77. The van der Waals surface area contributed by atoms with Gasteiger partial charge in [0, 0.05) is 91.6 Å². The Balaban J connectivity index is 0.000000139. The smallest absolute Gasteiger partial charge is 0.249 e. The summed E-state index contributed by atoms with van der Waals surface area (Å²) in [4.78, 5) is 39.7. The first-order valence-corrected chi connectivity index (χ1v) is 33.0.